The second kappa shape index (κ2) is 18.2. The van der Waals surface area contributed by atoms with Gasteiger partial charge in [-0.3, -0.25) is 9.59 Å². The van der Waals surface area contributed by atoms with Gasteiger partial charge in [-0.2, -0.15) is 0 Å². The number of nitrogens with zero attached hydrogens (tertiary/aromatic N) is 3. The Morgan fingerprint density at radius 3 is 2.56 bits per heavy atom. The van der Waals surface area contributed by atoms with Crippen LogP contribution in [-0.2, 0) is 28.6 Å². The Hall–Kier alpha value is -4.71. The number of hydrogen-bond acceptors (Lipinski definition) is 14. The topological polar surface area (TPSA) is 192 Å². The molecule has 9 atom stereocenters. The van der Waals surface area contributed by atoms with E-state index in [-0.39, 0.29) is 42.1 Å². The van der Waals surface area contributed by atoms with Crippen LogP contribution in [-0.4, -0.2) is 121 Å². The van der Waals surface area contributed by atoms with Gasteiger partial charge < -0.3 is 49.9 Å². The number of pyridine rings is 1. The van der Waals surface area contributed by atoms with Gasteiger partial charge >= 0.3 is 12.1 Å². The second-order valence-electron chi connectivity index (χ2n) is 17.6. The Labute approximate surface area is 370 Å². The number of likely N-dealkylation sites (tertiary alicyclic amines) is 1. The molecule has 0 spiro atoms. The molecule has 0 unspecified atom stereocenters. The zero-order valence-electron chi connectivity index (χ0n) is 35.8. The lowest BCUT2D eigenvalue weighted by molar-refractivity contribution is -0.148. The molecule has 5 aliphatic rings. The molecular weight excluding hydrogens is 838 g/mol. The van der Waals surface area contributed by atoms with E-state index in [9.17, 15) is 19.2 Å². The first-order valence-electron chi connectivity index (χ1n) is 21.6. The molecule has 62 heavy (non-hydrogen) atoms. The van der Waals surface area contributed by atoms with E-state index in [1.807, 2.05) is 32.2 Å². The van der Waals surface area contributed by atoms with E-state index in [4.69, 9.17) is 45.3 Å². The number of rotatable bonds is 16. The Morgan fingerprint density at radius 2 is 1.89 bits per heavy atom. The van der Waals surface area contributed by atoms with Crippen molar-refractivity contribution in [3.8, 4) is 22.9 Å². The summed E-state index contributed by atoms with van der Waals surface area (Å²) in [5, 5.41) is 15.9. The van der Waals surface area contributed by atoms with E-state index in [2.05, 4.69) is 27.8 Å². The predicted molar refractivity (Wildman–Crippen MR) is 233 cm³/mol. The summed E-state index contributed by atoms with van der Waals surface area (Å²) in [4.78, 5) is 66.4. The molecule has 18 heteroatoms. The van der Waals surface area contributed by atoms with Gasteiger partial charge in [-0.15, -0.1) is 11.3 Å². The van der Waals surface area contributed by atoms with Gasteiger partial charge in [0, 0.05) is 35.8 Å². The number of thiazole rings is 1. The molecule has 4 N–H and O–H groups in total. The second-order valence-corrected chi connectivity index (χ2v) is 18.8. The molecule has 3 saturated carbocycles. The summed E-state index contributed by atoms with van der Waals surface area (Å²) in [6.45, 7) is 13.8. The van der Waals surface area contributed by atoms with Crippen LogP contribution in [0.15, 0.2) is 35.7 Å². The Balaban J connectivity index is 1.09. The van der Waals surface area contributed by atoms with Gasteiger partial charge in [0.25, 0.3) is 0 Å². The highest BCUT2D eigenvalue weighted by atomic mass is 35.5. The zero-order chi connectivity index (χ0) is 43.9. The number of ether oxygens (including phenoxy) is 5. The summed E-state index contributed by atoms with van der Waals surface area (Å²) in [6, 6.07) is 3.25. The summed E-state index contributed by atoms with van der Waals surface area (Å²) in [5.41, 5.74) is 0.667. The number of carbonyl (C=O) groups is 4. The molecule has 4 heterocycles. The molecule has 2 aromatic heterocycles. The number of alkyl carbamates (subject to hydrolysis) is 1. The molecule has 0 radical (unpaired) electrons. The van der Waals surface area contributed by atoms with Crippen molar-refractivity contribution in [3.63, 3.8) is 0 Å². The molecule has 0 bridgehead atoms. The minimum absolute atomic E-state index is 0.00728. The number of anilines is 1. The van der Waals surface area contributed by atoms with Crippen LogP contribution in [0.25, 0.3) is 22.3 Å². The average Bonchev–Trinajstić information content (AvgIpc) is 3.91. The number of methoxy groups -OCH3 is 1. The quantitative estimate of drug-likeness (QED) is 0.105. The first-order chi connectivity index (χ1) is 29.8. The number of benzene rings is 1. The minimum Gasteiger partial charge on any atom is -0.490 e. The summed E-state index contributed by atoms with van der Waals surface area (Å²) in [5.74, 6) is 0.283. The van der Waals surface area contributed by atoms with Gasteiger partial charge in [0.15, 0.2) is 5.13 Å². The normalized spacial score (nSPS) is 27.9. The van der Waals surface area contributed by atoms with Crippen LogP contribution in [0.1, 0.15) is 66.2 Å². The molecule has 16 nitrogen and oxygen atoms in total. The number of amides is 3. The number of esters is 1. The van der Waals surface area contributed by atoms with Crippen molar-refractivity contribution < 1.29 is 42.9 Å². The first kappa shape index (κ1) is 43.9. The molecule has 3 amide bonds. The highest BCUT2D eigenvalue weighted by molar-refractivity contribution is 7.14. The molecule has 3 aromatic rings. The molecule has 3 aliphatic carbocycles. The number of morpholine rings is 1. The lowest BCUT2D eigenvalue weighted by Gasteiger charge is -2.30. The molecule has 334 valence electrons. The minimum atomic E-state index is -1.20. The molecule has 8 rings (SSSR count). The third kappa shape index (κ3) is 9.31. The Kier molecular flexibility index (Phi) is 12.9. The summed E-state index contributed by atoms with van der Waals surface area (Å²) < 4.78 is 29.4. The predicted octanol–water partition coefficient (Wildman–Crippen LogP) is 5.47. The van der Waals surface area contributed by atoms with Crippen LogP contribution in [0.4, 0.5) is 9.93 Å². The summed E-state index contributed by atoms with van der Waals surface area (Å²) >= 11 is 8.53. The van der Waals surface area contributed by atoms with E-state index in [1.165, 1.54) is 29.8 Å². The van der Waals surface area contributed by atoms with Crippen LogP contribution in [0, 0.1) is 17.8 Å². The van der Waals surface area contributed by atoms with E-state index in [0.717, 1.165) is 24.5 Å². The number of aromatic nitrogens is 2. The van der Waals surface area contributed by atoms with Crippen molar-refractivity contribution in [1.82, 2.24) is 30.8 Å². The highest BCUT2D eigenvalue weighted by Crippen LogP contribution is 2.52. The smallest absolute Gasteiger partial charge is 0.408 e. The largest absolute Gasteiger partial charge is 0.490 e. The maximum atomic E-state index is 14.6. The molecule has 1 aromatic carbocycles. The molecule has 2 aliphatic heterocycles. The molecule has 5 fully saturated rings. The van der Waals surface area contributed by atoms with Crippen molar-refractivity contribution >= 4 is 62.8 Å². The van der Waals surface area contributed by atoms with E-state index >= 15 is 0 Å². The maximum absolute atomic E-state index is 14.6. The first-order valence-corrected chi connectivity index (χ1v) is 22.8. The van der Waals surface area contributed by atoms with Gasteiger partial charge in [-0.1, -0.05) is 31.5 Å². The standard InChI is InChI=1S/C44H56ClN7O9S/c1-7-26-17-44(26,41(55)57-6)51-39(53)33-15-29(18-52(33)40(54)37(22(2)3)50-43(56)61-28-13-24-12-25(24)14-28)60-35-16-31(32-21-62-42(49-32)47-23(4)5)48-38-30(35)8-9-34(36(38)45)59-20-27-19-58-11-10-46-27/h8-9,16,21,23-29,33,37,46H,2,7,10-15,17-20H2,1,3-6H3,(H,47,49)(H,50,56)(H,51,53)/t24-,25+,26-,27-,28+,29-,33+,37+,44-/m1/s1. The SMILES string of the molecule is C=C(C)[C@H](NC(=O)O[C@@H]1C[C@@H]2C[C@@H]2C1)C(=O)N1C[C@H](Oc2cc(-c3csc(NC(C)C)n3)nc3c(Cl)c(OC[C@H]4COCCN4)ccc23)C[C@H]1C(=O)N[C@]1(C(=O)OC)C[C@H]1CC. The van der Waals surface area contributed by atoms with Crippen LogP contribution >= 0.6 is 22.9 Å². The fraction of sp³-hybridized carbons (Fsp3) is 0.591. The van der Waals surface area contributed by atoms with Crippen LogP contribution in [0.2, 0.25) is 5.02 Å². The number of carbonyl (C=O) groups excluding carboxylic acids is 4. The van der Waals surface area contributed by atoms with Gasteiger partial charge in [0.2, 0.25) is 11.8 Å². The fourth-order valence-electron chi connectivity index (χ4n) is 9.11. The van der Waals surface area contributed by atoms with Crippen molar-refractivity contribution in [3.05, 3.63) is 40.8 Å². The van der Waals surface area contributed by atoms with Gasteiger partial charge in [0.05, 0.1) is 44.1 Å². The lowest BCUT2D eigenvalue weighted by atomic mass is 10.1. The summed E-state index contributed by atoms with van der Waals surface area (Å²) in [6.07, 6.45) is 2.27. The molecule has 2 saturated heterocycles. The van der Waals surface area contributed by atoms with Gasteiger partial charge in [-0.25, -0.2) is 19.6 Å². The monoisotopic (exact) mass is 893 g/mol. The van der Waals surface area contributed by atoms with E-state index in [1.54, 1.807) is 19.1 Å². The van der Waals surface area contributed by atoms with Crippen LogP contribution in [0.5, 0.6) is 11.5 Å². The summed E-state index contributed by atoms with van der Waals surface area (Å²) in [7, 11) is 1.29. The number of hydrogen-bond donors (Lipinski definition) is 4. The average molecular weight is 894 g/mol. The van der Waals surface area contributed by atoms with Crippen molar-refractivity contribution in [2.24, 2.45) is 17.8 Å². The number of fused-ring (bicyclic) bond motifs is 2. The van der Waals surface area contributed by atoms with E-state index in [0.29, 0.717) is 83.9 Å². The van der Waals surface area contributed by atoms with Crippen molar-refractivity contribution in [1.29, 1.82) is 0 Å². The lowest BCUT2D eigenvalue weighted by Crippen LogP contribution is -2.56. The van der Waals surface area contributed by atoms with Gasteiger partial charge in [0.1, 0.15) is 58.7 Å². The number of nitrogens with one attached hydrogen (secondary N) is 4. The highest BCUT2D eigenvalue weighted by Gasteiger charge is 2.62. The van der Waals surface area contributed by atoms with Crippen LogP contribution < -0.4 is 30.7 Å². The van der Waals surface area contributed by atoms with Gasteiger partial charge in [-0.05, 0) is 81.9 Å². The van der Waals surface area contributed by atoms with Crippen molar-refractivity contribution in [2.45, 2.75) is 108 Å². The third-order valence-corrected chi connectivity index (χ3v) is 13.7. The maximum Gasteiger partial charge on any atom is 0.408 e. The third-order valence-electron chi connectivity index (χ3n) is 12.6. The fourth-order valence-corrected chi connectivity index (χ4v) is 10.2. The van der Waals surface area contributed by atoms with Crippen LogP contribution in [0.3, 0.4) is 0 Å². The number of halogens is 1. The zero-order valence-corrected chi connectivity index (χ0v) is 37.4. The van der Waals surface area contributed by atoms with Crippen molar-refractivity contribution in [2.75, 3.05) is 45.3 Å². The van der Waals surface area contributed by atoms with E-state index < -0.39 is 47.6 Å². The molecular formula is C44H56ClN7O9S. The Morgan fingerprint density at radius 1 is 1.10 bits per heavy atom. The Bertz CT molecular complexity index is 2210.